The van der Waals surface area contributed by atoms with Gasteiger partial charge in [-0.2, -0.15) is 0 Å². The van der Waals surface area contributed by atoms with Gasteiger partial charge in [0, 0.05) is 12.2 Å². The molecule has 0 spiro atoms. The average Bonchev–Trinajstić information content (AvgIpc) is 2.42. The van der Waals surface area contributed by atoms with Crippen LogP contribution in [0.25, 0.3) is 0 Å². The first-order valence-corrected chi connectivity index (χ1v) is 6.56. The monoisotopic (exact) mass is 284 g/mol. The highest BCUT2D eigenvalue weighted by Gasteiger charge is 2.10. The fraction of sp³-hybridized carbons (Fsp3) is 0.533. The van der Waals surface area contributed by atoms with Crippen LogP contribution < -0.4 is 4.74 Å². The number of carbonyl (C=O) groups excluding carboxylic acids is 1. The Hall–Kier alpha value is -1.46. The van der Waals surface area contributed by atoms with E-state index in [0.29, 0.717) is 25.7 Å². The van der Waals surface area contributed by atoms with E-state index in [1.165, 1.54) is 19.2 Å². The first-order chi connectivity index (χ1) is 9.54. The van der Waals surface area contributed by atoms with Crippen molar-refractivity contribution in [3.63, 3.8) is 0 Å². The second kappa shape index (κ2) is 8.66. The van der Waals surface area contributed by atoms with E-state index >= 15 is 0 Å². The number of hydrogen-bond donors (Lipinski definition) is 0. The lowest BCUT2D eigenvalue weighted by Crippen LogP contribution is -2.14. The maximum Gasteiger partial charge on any atom is 0.188 e. The second-order valence-corrected chi connectivity index (χ2v) is 4.79. The number of ether oxygens (including phenoxy) is 3. The molecule has 0 heterocycles. The minimum atomic E-state index is -0.557. The van der Waals surface area contributed by atoms with Gasteiger partial charge in [-0.25, -0.2) is 4.39 Å². The number of rotatable bonds is 9. The van der Waals surface area contributed by atoms with Crippen LogP contribution >= 0.6 is 0 Å². The fourth-order valence-electron chi connectivity index (χ4n) is 1.52. The van der Waals surface area contributed by atoms with Gasteiger partial charge in [0.05, 0.1) is 20.3 Å². The van der Waals surface area contributed by atoms with Gasteiger partial charge in [-0.1, -0.05) is 13.8 Å². The van der Waals surface area contributed by atoms with Crippen LogP contribution in [0.15, 0.2) is 18.2 Å². The van der Waals surface area contributed by atoms with E-state index in [9.17, 15) is 9.18 Å². The number of ketones is 1. The first kappa shape index (κ1) is 16.6. The summed E-state index contributed by atoms with van der Waals surface area (Å²) in [5, 5.41) is 0. The van der Waals surface area contributed by atoms with Crippen LogP contribution in [0, 0.1) is 11.7 Å². The summed E-state index contributed by atoms with van der Waals surface area (Å²) >= 11 is 0. The summed E-state index contributed by atoms with van der Waals surface area (Å²) < 4.78 is 28.7. The molecule has 0 atom stereocenters. The van der Waals surface area contributed by atoms with Gasteiger partial charge in [0.2, 0.25) is 0 Å². The molecule has 4 nitrogen and oxygen atoms in total. The van der Waals surface area contributed by atoms with E-state index in [0.717, 1.165) is 6.07 Å². The van der Waals surface area contributed by atoms with Gasteiger partial charge >= 0.3 is 0 Å². The molecule has 0 aliphatic heterocycles. The number of hydrogen-bond acceptors (Lipinski definition) is 4. The van der Waals surface area contributed by atoms with Crippen LogP contribution in [0.3, 0.4) is 0 Å². The molecule has 1 rings (SSSR count). The molecule has 0 aliphatic rings. The fourth-order valence-corrected chi connectivity index (χ4v) is 1.52. The van der Waals surface area contributed by atoms with Crippen molar-refractivity contribution in [1.82, 2.24) is 0 Å². The smallest absolute Gasteiger partial charge is 0.188 e. The molecule has 0 bridgehead atoms. The highest BCUT2D eigenvalue weighted by Crippen LogP contribution is 2.17. The summed E-state index contributed by atoms with van der Waals surface area (Å²) in [4.78, 5) is 11.8. The highest BCUT2D eigenvalue weighted by molar-refractivity contribution is 5.97. The Balaban J connectivity index is 2.31. The van der Waals surface area contributed by atoms with Crippen LogP contribution in [0.1, 0.15) is 24.2 Å². The third-order valence-corrected chi connectivity index (χ3v) is 2.53. The quantitative estimate of drug-likeness (QED) is 0.516. The normalized spacial score (nSPS) is 10.8. The summed E-state index contributed by atoms with van der Waals surface area (Å²) in [5.74, 6) is -0.238. The summed E-state index contributed by atoms with van der Waals surface area (Å²) in [5.41, 5.74) is 0.270. The van der Waals surface area contributed by atoms with Crippen molar-refractivity contribution in [2.24, 2.45) is 5.92 Å². The van der Waals surface area contributed by atoms with E-state index in [-0.39, 0.29) is 23.7 Å². The minimum absolute atomic E-state index is 0.0865. The molecule has 0 saturated heterocycles. The first-order valence-electron chi connectivity index (χ1n) is 6.56. The highest BCUT2D eigenvalue weighted by atomic mass is 19.1. The molecule has 5 heteroatoms. The van der Waals surface area contributed by atoms with Crippen LogP contribution in [-0.4, -0.2) is 39.3 Å². The van der Waals surface area contributed by atoms with Crippen molar-refractivity contribution in [1.29, 1.82) is 0 Å². The topological polar surface area (TPSA) is 44.8 Å². The Morgan fingerprint density at radius 3 is 2.55 bits per heavy atom. The second-order valence-electron chi connectivity index (χ2n) is 4.79. The van der Waals surface area contributed by atoms with E-state index in [4.69, 9.17) is 14.2 Å². The van der Waals surface area contributed by atoms with Crippen LogP contribution in [-0.2, 0) is 9.47 Å². The Labute approximate surface area is 118 Å². The van der Waals surface area contributed by atoms with Gasteiger partial charge in [0.15, 0.2) is 17.3 Å². The Kier molecular flexibility index (Phi) is 7.18. The van der Waals surface area contributed by atoms with Gasteiger partial charge in [-0.15, -0.1) is 0 Å². The summed E-state index contributed by atoms with van der Waals surface area (Å²) in [7, 11) is 1.38. The van der Waals surface area contributed by atoms with Crippen molar-refractivity contribution in [2.45, 2.75) is 13.8 Å². The van der Waals surface area contributed by atoms with Gasteiger partial charge in [0.1, 0.15) is 6.61 Å². The molecule has 0 fully saturated rings. The minimum Gasteiger partial charge on any atom is -0.494 e. The third kappa shape index (κ3) is 5.67. The van der Waals surface area contributed by atoms with E-state index in [2.05, 4.69) is 13.8 Å². The average molecular weight is 284 g/mol. The van der Waals surface area contributed by atoms with E-state index in [1.54, 1.807) is 0 Å². The molecule has 0 N–H and O–H groups in total. The van der Waals surface area contributed by atoms with Crippen molar-refractivity contribution < 1.29 is 23.4 Å². The molecular formula is C15H21FO4. The molecule has 0 aromatic heterocycles. The van der Waals surface area contributed by atoms with Crippen LogP contribution in [0.2, 0.25) is 0 Å². The SMILES string of the molecule is COc1ccc(C(=O)COCCOCC(C)C)cc1F. The number of benzene rings is 1. The number of carbonyl (C=O) groups is 1. The zero-order valence-corrected chi connectivity index (χ0v) is 12.1. The van der Waals surface area contributed by atoms with E-state index in [1.807, 2.05) is 0 Å². The lowest BCUT2D eigenvalue weighted by Gasteiger charge is -2.08. The zero-order chi connectivity index (χ0) is 15.0. The lowest BCUT2D eigenvalue weighted by molar-refractivity contribution is 0.0364. The summed E-state index contributed by atoms with van der Waals surface area (Å²) in [6.07, 6.45) is 0. The predicted octanol–water partition coefficient (Wildman–Crippen LogP) is 2.71. The molecule has 0 saturated carbocycles. The Bertz CT molecular complexity index is 432. The van der Waals surface area contributed by atoms with Crippen molar-refractivity contribution >= 4 is 5.78 Å². The zero-order valence-electron chi connectivity index (χ0n) is 12.1. The van der Waals surface area contributed by atoms with Gasteiger partial charge in [-0.05, 0) is 24.1 Å². The standard InChI is InChI=1S/C15H21FO4/c1-11(2)9-19-6-7-20-10-14(17)12-4-5-15(18-3)13(16)8-12/h4-5,8,11H,6-7,9-10H2,1-3H3. The van der Waals surface area contributed by atoms with Crippen molar-refractivity contribution in [2.75, 3.05) is 33.5 Å². The van der Waals surface area contributed by atoms with Crippen molar-refractivity contribution in [3.05, 3.63) is 29.6 Å². The molecule has 0 unspecified atom stereocenters. The van der Waals surface area contributed by atoms with Crippen LogP contribution in [0.4, 0.5) is 4.39 Å². The largest absolute Gasteiger partial charge is 0.494 e. The molecule has 1 aromatic carbocycles. The summed E-state index contributed by atoms with van der Waals surface area (Å²) in [6, 6.07) is 4.09. The Morgan fingerprint density at radius 1 is 1.25 bits per heavy atom. The summed E-state index contributed by atoms with van der Waals surface area (Å²) in [6.45, 7) is 5.49. The molecule has 0 amide bonds. The molecule has 0 radical (unpaired) electrons. The number of methoxy groups -OCH3 is 1. The molecule has 20 heavy (non-hydrogen) atoms. The van der Waals surface area contributed by atoms with E-state index < -0.39 is 5.82 Å². The third-order valence-electron chi connectivity index (χ3n) is 2.53. The van der Waals surface area contributed by atoms with Crippen LogP contribution in [0.5, 0.6) is 5.75 Å². The number of Topliss-reactive ketones (excluding diaryl/α,β-unsaturated/α-hetero) is 1. The number of halogens is 1. The van der Waals surface area contributed by atoms with Gasteiger partial charge in [-0.3, -0.25) is 4.79 Å². The maximum atomic E-state index is 13.4. The van der Waals surface area contributed by atoms with Gasteiger partial charge < -0.3 is 14.2 Å². The van der Waals surface area contributed by atoms with Gasteiger partial charge in [0.25, 0.3) is 0 Å². The molecule has 1 aromatic rings. The molecular weight excluding hydrogens is 263 g/mol. The lowest BCUT2D eigenvalue weighted by atomic mass is 10.1. The predicted molar refractivity (Wildman–Crippen MR) is 73.8 cm³/mol. The van der Waals surface area contributed by atoms with Crippen molar-refractivity contribution in [3.8, 4) is 5.75 Å². The molecule has 0 aliphatic carbocycles. The Morgan fingerprint density at radius 2 is 1.95 bits per heavy atom. The molecule has 112 valence electrons. The maximum absolute atomic E-state index is 13.4.